The first-order chi connectivity index (χ1) is 13.1. The van der Waals surface area contributed by atoms with Crippen LogP contribution in [0.2, 0.25) is 0 Å². The highest BCUT2D eigenvalue weighted by atomic mass is 19.1. The molecule has 0 saturated heterocycles. The number of hydrogen-bond donors (Lipinski definition) is 2. The number of rotatable bonds is 2. The number of H-pyrrole nitrogens is 1. The number of aromatic nitrogens is 5. The molecule has 1 aliphatic rings. The van der Waals surface area contributed by atoms with Crippen LogP contribution < -0.4 is 10.9 Å². The Labute approximate surface area is 152 Å². The number of aryl methyl sites for hydroxylation is 1. The third kappa shape index (κ3) is 2.33. The first-order valence-electron chi connectivity index (χ1n) is 8.50. The van der Waals surface area contributed by atoms with E-state index in [1.807, 2.05) is 37.4 Å². The molecular weight excluding hydrogens is 347 g/mol. The maximum Gasteiger partial charge on any atom is 0.272 e. The summed E-state index contributed by atoms with van der Waals surface area (Å²) in [4.78, 5) is 16.7. The van der Waals surface area contributed by atoms with Gasteiger partial charge in [-0.3, -0.25) is 9.48 Å². The van der Waals surface area contributed by atoms with E-state index in [2.05, 4.69) is 25.6 Å². The largest absolute Gasteiger partial charge is 0.376 e. The van der Waals surface area contributed by atoms with Gasteiger partial charge in [0.1, 0.15) is 18.0 Å². The summed E-state index contributed by atoms with van der Waals surface area (Å²) in [5, 5.41) is 15.3. The number of anilines is 1. The van der Waals surface area contributed by atoms with Crippen molar-refractivity contribution >= 4 is 16.5 Å². The van der Waals surface area contributed by atoms with E-state index in [1.54, 1.807) is 4.68 Å². The van der Waals surface area contributed by atoms with Gasteiger partial charge in [0.25, 0.3) is 5.56 Å². The van der Waals surface area contributed by atoms with Gasteiger partial charge in [-0.15, -0.1) is 0 Å². The monoisotopic (exact) mass is 362 g/mol. The van der Waals surface area contributed by atoms with Gasteiger partial charge in [-0.25, -0.2) is 14.5 Å². The molecule has 7 nitrogen and oxygen atoms in total. The molecule has 27 heavy (non-hydrogen) atoms. The molecule has 0 fully saturated rings. The van der Waals surface area contributed by atoms with Crippen molar-refractivity contribution < 1.29 is 4.39 Å². The van der Waals surface area contributed by atoms with Crippen molar-refractivity contribution in [3.8, 4) is 0 Å². The Morgan fingerprint density at radius 1 is 1.19 bits per heavy atom. The molecule has 2 atom stereocenters. The van der Waals surface area contributed by atoms with Crippen molar-refractivity contribution in [2.75, 3.05) is 5.32 Å². The number of nitrogens with one attached hydrogen (secondary N) is 2. The van der Waals surface area contributed by atoms with E-state index in [4.69, 9.17) is 0 Å². The zero-order chi connectivity index (χ0) is 18.5. The van der Waals surface area contributed by atoms with E-state index in [9.17, 15) is 9.18 Å². The molecule has 134 valence electrons. The second-order valence-electron chi connectivity index (χ2n) is 6.57. The summed E-state index contributed by atoms with van der Waals surface area (Å²) < 4.78 is 15.8. The van der Waals surface area contributed by atoms with E-state index in [-0.39, 0.29) is 17.3 Å². The van der Waals surface area contributed by atoms with Crippen molar-refractivity contribution in [1.82, 2.24) is 25.0 Å². The van der Waals surface area contributed by atoms with Crippen LogP contribution in [0.5, 0.6) is 0 Å². The van der Waals surface area contributed by atoms with Crippen molar-refractivity contribution in [1.29, 1.82) is 0 Å². The van der Waals surface area contributed by atoms with E-state index in [0.717, 1.165) is 5.56 Å². The molecule has 0 amide bonds. The van der Waals surface area contributed by atoms with Crippen LogP contribution in [0.15, 0.2) is 53.6 Å². The minimum Gasteiger partial charge on any atom is -0.376 e. The fourth-order valence-corrected chi connectivity index (χ4v) is 3.83. The third-order valence-electron chi connectivity index (χ3n) is 5.00. The lowest BCUT2D eigenvalue weighted by molar-refractivity contribution is 0.564. The summed E-state index contributed by atoms with van der Waals surface area (Å²) in [6.07, 6.45) is 1.49. The minimum absolute atomic E-state index is 0.245. The number of nitrogens with zero attached hydrogens (tertiary/aromatic N) is 4. The lowest BCUT2D eigenvalue weighted by atomic mass is 9.83. The first kappa shape index (κ1) is 15.7. The van der Waals surface area contributed by atoms with Gasteiger partial charge in [0.2, 0.25) is 0 Å². The number of hydrogen-bond acceptors (Lipinski definition) is 5. The van der Waals surface area contributed by atoms with Crippen molar-refractivity contribution in [2.45, 2.75) is 12.0 Å². The minimum atomic E-state index is -0.475. The Hall–Kier alpha value is -3.55. The Bertz CT molecular complexity index is 1220. The molecule has 0 unspecified atom stereocenters. The van der Waals surface area contributed by atoms with Gasteiger partial charge in [-0.05, 0) is 17.7 Å². The highest BCUT2D eigenvalue weighted by Gasteiger charge is 2.37. The van der Waals surface area contributed by atoms with E-state index in [0.29, 0.717) is 22.6 Å². The summed E-state index contributed by atoms with van der Waals surface area (Å²) in [5.74, 6) is -0.0824. The smallest absolute Gasteiger partial charge is 0.272 e. The predicted molar refractivity (Wildman–Crippen MR) is 98.0 cm³/mol. The zero-order valence-corrected chi connectivity index (χ0v) is 14.3. The standard InChI is InChI=1S/C19H15FN6O/c1-26-18(21-9-22-26)15-16(10-5-3-2-4-6-10)23-13-8-11(20)7-12-14(13)17(15)24-25-19(12)27/h2-9,15-16,23H,1H3,(H,25,27)/t15-,16-/m0/s1. The topological polar surface area (TPSA) is 88.5 Å². The SMILES string of the molecule is Cn1ncnc1[C@@H]1c2n[nH]c(=O)c3cc(F)cc(c23)N[C@H]1c1ccccc1. The molecule has 4 aromatic rings. The fraction of sp³-hybridized carbons (Fsp3) is 0.158. The highest BCUT2D eigenvalue weighted by Crippen LogP contribution is 2.45. The van der Waals surface area contributed by atoms with Crippen LogP contribution in [0.25, 0.3) is 10.8 Å². The van der Waals surface area contributed by atoms with Gasteiger partial charge < -0.3 is 5.32 Å². The number of halogens is 1. The van der Waals surface area contributed by atoms with Crippen molar-refractivity contribution in [3.63, 3.8) is 0 Å². The molecule has 0 radical (unpaired) electrons. The van der Waals surface area contributed by atoms with Crippen LogP contribution in [0.3, 0.4) is 0 Å². The zero-order valence-electron chi connectivity index (χ0n) is 14.3. The van der Waals surface area contributed by atoms with Gasteiger partial charge in [0.05, 0.1) is 23.0 Å². The second-order valence-corrected chi connectivity index (χ2v) is 6.57. The highest BCUT2D eigenvalue weighted by molar-refractivity contribution is 5.97. The molecule has 0 spiro atoms. The van der Waals surface area contributed by atoms with E-state index < -0.39 is 11.4 Å². The van der Waals surface area contributed by atoms with Gasteiger partial charge in [-0.1, -0.05) is 30.3 Å². The normalized spacial score (nSPS) is 18.4. The average Bonchev–Trinajstić information content (AvgIpc) is 3.10. The van der Waals surface area contributed by atoms with Gasteiger partial charge in [0.15, 0.2) is 0 Å². The predicted octanol–water partition coefficient (Wildman–Crippen LogP) is 2.49. The third-order valence-corrected chi connectivity index (χ3v) is 5.00. The summed E-state index contributed by atoms with van der Waals surface area (Å²) >= 11 is 0. The van der Waals surface area contributed by atoms with Crippen LogP contribution in [0.1, 0.15) is 29.0 Å². The number of benzene rings is 2. The number of aromatic amines is 1. The molecule has 2 N–H and O–H groups in total. The quantitative estimate of drug-likeness (QED) is 0.572. The average molecular weight is 362 g/mol. The maximum absolute atomic E-state index is 14.1. The van der Waals surface area contributed by atoms with E-state index in [1.165, 1.54) is 18.5 Å². The molecule has 0 aliphatic carbocycles. The van der Waals surface area contributed by atoms with Crippen LogP contribution in [0.4, 0.5) is 10.1 Å². The lowest BCUT2D eigenvalue weighted by Gasteiger charge is -2.33. The maximum atomic E-state index is 14.1. The summed E-state index contributed by atoms with van der Waals surface area (Å²) in [7, 11) is 1.81. The van der Waals surface area contributed by atoms with Crippen LogP contribution in [0, 0.1) is 5.82 Å². The molecule has 0 saturated carbocycles. The Morgan fingerprint density at radius 3 is 2.74 bits per heavy atom. The van der Waals surface area contributed by atoms with Gasteiger partial charge >= 0.3 is 0 Å². The van der Waals surface area contributed by atoms with Gasteiger partial charge in [0, 0.05) is 18.1 Å². The molecule has 3 heterocycles. The summed E-state index contributed by atoms with van der Waals surface area (Å²) in [6.45, 7) is 0. The summed E-state index contributed by atoms with van der Waals surface area (Å²) in [6, 6.07) is 12.2. The lowest BCUT2D eigenvalue weighted by Crippen LogP contribution is -2.30. The van der Waals surface area contributed by atoms with Crippen molar-refractivity contribution in [2.24, 2.45) is 7.05 Å². The van der Waals surface area contributed by atoms with E-state index >= 15 is 0 Å². The Balaban J connectivity index is 1.85. The fourth-order valence-electron chi connectivity index (χ4n) is 3.83. The molecule has 1 aliphatic heterocycles. The molecule has 2 aromatic heterocycles. The molecule has 8 heteroatoms. The Morgan fingerprint density at radius 2 is 2.00 bits per heavy atom. The molecule has 5 rings (SSSR count). The molecule has 0 bridgehead atoms. The Kier molecular flexibility index (Phi) is 3.33. The molecular formula is C19H15FN6O. The van der Waals surface area contributed by atoms with Crippen LogP contribution in [-0.2, 0) is 7.05 Å². The van der Waals surface area contributed by atoms with Gasteiger partial charge in [-0.2, -0.15) is 10.2 Å². The summed E-state index contributed by atoms with van der Waals surface area (Å²) in [5.41, 5.74) is 1.77. The van der Waals surface area contributed by atoms with Crippen molar-refractivity contribution in [3.05, 3.63) is 82.0 Å². The van der Waals surface area contributed by atoms with Crippen LogP contribution >= 0.6 is 0 Å². The van der Waals surface area contributed by atoms with Crippen LogP contribution in [-0.4, -0.2) is 25.0 Å². The second kappa shape index (κ2) is 5.73. The molecule has 2 aromatic carbocycles. The first-order valence-corrected chi connectivity index (χ1v) is 8.50.